The molecular weight excluding hydrogens is 707 g/mol. The highest BCUT2D eigenvalue weighted by atomic mass is 15.0. The zero-order chi connectivity index (χ0) is 38.8. The lowest BCUT2D eigenvalue weighted by molar-refractivity contribution is 1.07. The van der Waals surface area contributed by atoms with Crippen molar-refractivity contribution in [1.29, 1.82) is 5.26 Å². The molecule has 0 aliphatic rings. The summed E-state index contributed by atoms with van der Waals surface area (Å²) in [7, 11) is 0. The van der Waals surface area contributed by atoms with E-state index in [0.717, 1.165) is 82.9 Å². The molecule has 270 valence electrons. The van der Waals surface area contributed by atoms with Crippen molar-refractivity contribution in [3.63, 3.8) is 0 Å². The second-order valence-corrected chi connectivity index (χ2v) is 14.2. The molecule has 0 atom stereocenters. The number of hydrogen-bond donors (Lipinski definition) is 0. The molecule has 0 radical (unpaired) electrons. The molecule has 0 unspecified atom stereocenters. The van der Waals surface area contributed by atoms with E-state index in [1.807, 2.05) is 85.1 Å². The first-order valence-electron chi connectivity index (χ1n) is 19.2. The van der Waals surface area contributed by atoms with Gasteiger partial charge in [-0.25, -0.2) is 15.0 Å². The quantitative estimate of drug-likeness (QED) is 0.163. The van der Waals surface area contributed by atoms with Crippen molar-refractivity contribution in [1.82, 2.24) is 19.9 Å². The van der Waals surface area contributed by atoms with Crippen LogP contribution < -0.4 is 0 Å². The third-order valence-corrected chi connectivity index (χ3v) is 10.6. The van der Waals surface area contributed by atoms with Crippen molar-refractivity contribution in [2.24, 2.45) is 0 Å². The minimum absolute atomic E-state index is 0.609. The van der Waals surface area contributed by atoms with E-state index in [1.165, 1.54) is 0 Å². The van der Waals surface area contributed by atoms with Crippen LogP contribution in [0.3, 0.4) is 0 Å². The minimum atomic E-state index is 0.609. The lowest BCUT2D eigenvalue weighted by Crippen LogP contribution is -2.00. The molecule has 0 saturated carbocycles. The molecule has 5 heteroatoms. The van der Waals surface area contributed by atoms with Crippen LogP contribution in [0.2, 0.25) is 0 Å². The predicted molar refractivity (Wildman–Crippen MR) is 235 cm³/mol. The average molecular weight is 740 g/mol. The molecule has 0 aliphatic carbocycles. The van der Waals surface area contributed by atoms with E-state index in [2.05, 4.69) is 126 Å². The minimum Gasteiger partial charge on any atom is -0.256 e. The van der Waals surface area contributed by atoms with Crippen molar-refractivity contribution in [2.75, 3.05) is 0 Å². The molecule has 0 aliphatic heterocycles. The Morgan fingerprint density at radius 3 is 1.53 bits per heavy atom. The van der Waals surface area contributed by atoms with Gasteiger partial charge in [0.15, 0.2) is 17.5 Å². The standard InChI is InChI=1S/C53H33N5/c54-34-35-30-43(36-23-25-37(26-24-36)47-22-10-16-38-19-11-29-55-50(38)47)33-44(31-35)46-28-27-45(48-20-7-8-21-49(46)48)41-17-9-18-42(32-41)53-57-51(39-12-3-1-4-13-39)56-52(58-53)40-14-5-2-6-15-40/h1-33H. The number of hydrogen-bond acceptors (Lipinski definition) is 5. The molecule has 0 fully saturated rings. The van der Waals surface area contributed by atoms with Crippen LogP contribution in [-0.4, -0.2) is 19.9 Å². The number of aromatic nitrogens is 4. The first-order chi connectivity index (χ1) is 28.7. The number of para-hydroxylation sites is 1. The number of rotatable bonds is 7. The van der Waals surface area contributed by atoms with Gasteiger partial charge >= 0.3 is 0 Å². The molecule has 2 heterocycles. The maximum atomic E-state index is 10.2. The average Bonchev–Trinajstić information content (AvgIpc) is 3.31. The summed E-state index contributed by atoms with van der Waals surface area (Å²) in [4.78, 5) is 19.5. The fourth-order valence-corrected chi connectivity index (χ4v) is 7.76. The second kappa shape index (κ2) is 14.9. The van der Waals surface area contributed by atoms with Gasteiger partial charge in [-0.1, -0.05) is 164 Å². The van der Waals surface area contributed by atoms with Gasteiger partial charge in [0.05, 0.1) is 17.1 Å². The highest BCUT2D eigenvalue weighted by Crippen LogP contribution is 2.39. The van der Waals surface area contributed by atoms with Crippen LogP contribution in [0.15, 0.2) is 200 Å². The Morgan fingerprint density at radius 1 is 0.345 bits per heavy atom. The Balaban J connectivity index is 1.03. The molecular formula is C53H33N5. The largest absolute Gasteiger partial charge is 0.256 e. The maximum absolute atomic E-state index is 10.2. The molecule has 0 spiro atoms. The Hall–Kier alpha value is -8.07. The first-order valence-corrected chi connectivity index (χ1v) is 19.2. The number of fused-ring (bicyclic) bond motifs is 2. The van der Waals surface area contributed by atoms with Gasteiger partial charge in [0.2, 0.25) is 0 Å². The van der Waals surface area contributed by atoms with Gasteiger partial charge in [-0.3, -0.25) is 4.98 Å². The lowest BCUT2D eigenvalue weighted by Gasteiger charge is -2.15. The fourth-order valence-electron chi connectivity index (χ4n) is 7.76. The van der Waals surface area contributed by atoms with Gasteiger partial charge in [0.1, 0.15) is 0 Å². The summed E-state index contributed by atoms with van der Waals surface area (Å²) in [5, 5.41) is 13.5. The third-order valence-electron chi connectivity index (χ3n) is 10.6. The molecule has 0 bridgehead atoms. The maximum Gasteiger partial charge on any atom is 0.164 e. The van der Waals surface area contributed by atoms with Gasteiger partial charge < -0.3 is 0 Å². The molecule has 0 amide bonds. The zero-order valence-corrected chi connectivity index (χ0v) is 31.3. The van der Waals surface area contributed by atoms with Crippen molar-refractivity contribution < 1.29 is 0 Å². The Labute approximate surface area is 336 Å². The summed E-state index contributed by atoms with van der Waals surface area (Å²) in [6, 6.07) is 68.7. The summed E-state index contributed by atoms with van der Waals surface area (Å²) < 4.78 is 0. The topological polar surface area (TPSA) is 75.3 Å². The van der Waals surface area contributed by atoms with Gasteiger partial charge in [-0.15, -0.1) is 0 Å². The molecule has 0 saturated heterocycles. The van der Waals surface area contributed by atoms with Crippen LogP contribution in [0.4, 0.5) is 0 Å². The molecule has 58 heavy (non-hydrogen) atoms. The Morgan fingerprint density at radius 2 is 0.862 bits per heavy atom. The summed E-state index contributed by atoms with van der Waals surface area (Å²) in [6.45, 7) is 0. The smallest absolute Gasteiger partial charge is 0.164 e. The fraction of sp³-hybridized carbons (Fsp3) is 0. The normalized spacial score (nSPS) is 11.1. The SMILES string of the molecule is N#Cc1cc(-c2ccc(-c3cccc4cccnc34)cc2)cc(-c2ccc(-c3cccc(-c4nc(-c5ccccc5)nc(-c5ccccc5)n4)c3)c3ccccc23)c1. The van der Waals surface area contributed by atoms with Crippen LogP contribution in [-0.2, 0) is 0 Å². The van der Waals surface area contributed by atoms with Crippen molar-refractivity contribution in [2.45, 2.75) is 0 Å². The van der Waals surface area contributed by atoms with Gasteiger partial charge in [0, 0.05) is 33.8 Å². The van der Waals surface area contributed by atoms with Gasteiger partial charge in [-0.05, 0) is 80.0 Å². The van der Waals surface area contributed by atoms with Gasteiger partial charge in [-0.2, -0.15) is 5.26 Å². The van der Waals surface area contributed by atoms with E-state index in [1.54, 1.807) is 0 Å². The van der Waals surface area contributed by atoms with E-state index >= 15 is 0 Å². The molecule has 0 N–H and O–H groups in total. The monoisotopic (exact) mass is 739 g/mol. The van der Waals surface area contributed by atoms with Crippen LogP contribution >= 0.6 is 0 Å². The van der Waals surface area contributed by atoms with E-state index in [4.69, 9.17) is 15.0 Å². The highest BCUT2D eigenvalue weighted by molar-refractivity contribution is 6.05. The predicted octanol–water partition coefficient (Wildman–Crippen LogP) is 13.1. The van der Waals surface area contributed by atoms with Crippen LogP contribution in [0, 0.1) is 11.3 Å². The number of benzene rings is 8. The Kier molecular flexibility index (Phi) is 8.83. The van der Waals surface area contributed by atoms with Crippen LogP contribution in [0.5, 0.6) is 0 Å². The summed E-state index contributed by atoms with van der Waals surface area (Å²) in [5.74, 6) is 1.86. The molecule has 5 nitrogen and oxygen atoms in total. The van der Waals surface area contributed by atoms with E-state index in [-0.39, 0.29) is 0 Å². The van der Waals surface area contributed by atoms with Crippen molar-refractivity contribution >= 4 is 21.7 Å². The van der Waals surface area contributed by atoms with Crippen LogP contribution in [0.1, 0.15) is 5.56 Å². The van der Waals surface area contributed by atoms with E-state index < -0.39 is 0 Å². The van der Waals surface area contributed by atoms with Crippen LogP contribution in [0.25, 0.3) is 100 Å². The number of nitriles is 1. The number of pyridine rings is 1. The molecule has 2 aromatic heterocycles. The number of nitrogens with zero attached hydrogens (tertiary/aromatic N) is 5. The first kappa shape index (κ1) is 34.4. The highest BCUT2D eigenvalue weighted by Gasteiger charge is 2.16. The molecule has 8 aromatic carbocycles. The zero-order valence-electron chi connectivity index (χ0n) is 31.3. The summed E-state index contributed by atoms with van der Waals surface area (Å²) >= 11 is 0. The molecule has 10 rings (SSSR count). The van der Waals surface area contributed by atoms with E-state index in [0.29, 0.717) is 23.0 Å². The van der Waals surface area contributed by atoms with Gasteiger partial charge in [0.25, 0.3) is 0 Å². The van der Waals surface area contributed by atoms with E-state index in [9.17, 15) is 5.26 Å². The molecule has 10 aromatic rings. The third kappa shape index (κ3) is 6.55. The van der Waals surface area contributed by atoms with Crippen molar-refractivity contribution in [3.05, 3.63) is 206 Å². The Bertz CT molecular complexity index is 3110. The lowest BCUT2D eigenvalue weighted by atomic mass is 9.89. The second-order valence-electron chi connectivity index (χ2n) is 14.2. The summed E-state index contributed by atoms with van der Waals surface area (Å²) in [5.41, 5.74) is 12.8. The summed E-state index contributed by atoms with van der Waals surface area (Å²) in [6.07, 6.45) is 1.84. The van der Waals surface area contributed by atoms with Crippen molar-refractivity contribution in [3.8, 4) is 84.7 Å².